The van der Waals surface area contributed by atoms with Crippen LogP contribution in [0.5, 0.6) is 0 Å². The number of anilines is 1. The molecular weight excluding hydrogens is 318 g/mol. The predicted octanol–water partition coefficient (Wildman–Crippen LogP) is 2.67. The van der Waals surface area contributed by atoms with Crippen molar-refractivity contribution in [2.24, 2.45) is 0 Å². The van der Waals surface area contributed by atoms with E-state index in [1.165, 1.54) is 6.20 Å². The van der Waals surface area contributed by atoms with E-state index in [-0.39, 0.29) is 0 Å². The topological polar surface area (TPSA) is 51.2 Å². The number of rotatable bonds is 3. The number of carbonyl (C=O) groups is 1. The highest BCUT2D eigenvalue weighted by Crippen LogP contribution is 2.20. The molecule has 0 atom stereocenters. The zero-order valence-corrected chi connectivity index (χ0v) is 10.3. The molecule has 0 saturated heterocycles. The molecule has 0 aromatic carbocycles. The molecule has 0 saturated carbocycles. The van der Waals surface area contributed by atoms with Crippen LogP contribution in [0.25, 0.3) is 0 Å². The zero-order valence-electron chi connectivity index (χ0n) is 7.38. The molecule has 0 aliphatic heterocycles. The Morgan fingerprint density at radius 3 is 3.07 bits per heavy atom. The minimum absolute atomic E-state index is 0.331. The lowest BCUT2D eigenvalue weighted by molar-refractivity contribution is 0.0527. The van der Waals surface area contributed by atoms with Crippen LogP contribution >= 0.6 is 34.5 Å². The highest BCUT2D eigenvalue weighted by atomic mass is 127. The van der Waals surface area contributed by atoms with E-state index in [9.17, 15) is 4.79 Å². The van der Waals surface area contributed by atoms with Crippen LogP contribution in [0.1, 0.15) is 17.3 Å². The summed E-state index contributed by atoms with van der Waals surface area (Å²) in [5, 5.41) is 0.331. The van der Waals surface area contributed by atoms with Gasteiger partial charge in [0.2, 0.25) is 0 Å². The maximum atomic E-state index is 11.4. The summed E-state index contributed by atoms with van der Waals surface area (Å²) in [6.45, 7) is 2.08. The van der Waals surface area contributed by atoms with Crippen LogP contribution < -0.4 is 3.53 Å². The molecule has 0 aliphatic rings. The van der Waals surface area contributed by atoms with E-state index in [0.29, 0.717) is 23.0 Å². The van der Waals surface area contributed by atoms with Crippen molar-refractivity contribution < 1.29 is 9.53 Å². The molecule has 76 valence electrons. The summed E-state index contributed by atoms with van der Waals surface area (Å²) in [6, 6.07) is 1.57. The third-order valence-corrected chi connectivity index (χ3v) is 2.26. The third-order valence-electron chi connectivity index (χ3n) is 1.47. The van der Waals surface area contributed by atoms with Gasteiger partial charge in [-0.05, 0) is 6.92 Å². The molecule has 1 heterocycles. The quantitative estimate of drug-likeness (QED) is 0.401. The number of aromatic nitrogens is 1. The molecule has 1 aromatic heterocycles. The molecule has 1 N–H and O–H groups in total. The van der Waals surface area contributed by atoms with E-state index in [0.717, 1.165) is 0 Å². The molecule has 4 nitrogen and oxygen atoms in total. The van der Waals surface area contributed by atoms with Crippen molar-refractivity contribution in [1.29, 1.82) is 0 Å². The van der Waals surface area contributed by atoms with Gasteiger partial charge in [-0.15, -0.1) is 0 Å². The highest BCUT2D eigenvalue weighted by molar-refractivity contribution is 14.1. The fraction of sp³-hybridized carbons (Fsp3) is 0.250. The molecule has 0 fully saturated rings. The Morgan fingerprint density at radius 1 is 1.79 bits per heavy atom. The zero-order chi connectivity index (χ0) is 10.6. The van der Waals surface area contributed by atoms with Gasteiger partial charge < -0.3 is 8.27 Å². The number of esters is 1. The molecule has 0 bridgehead atoms. The number of halogens is 2. The molecular formula is C8H8ClIN2O2. The molecule has 1 aromatic rings. The average molecular weight is 327 g/mol. The van der Waals surface area contributed by atoms with Crippen molar-refractivity contribution in [3.8, 4) is 0 Å². The normalized spacial score (nSPS) is 9.64. The van der Waals surface area contributed by atoms with Crippen molar-refractivity contribution in [2.75, 3.05) is 10.1 Å². The van der Waals surface area contributed by atoms with Gasteiger partial charge in [-0.3, -0.25) is 0 Å². The molecule has 0 amide bonds. The first-order chi connectivity index (χ1) is 6.69. The number of hydrogen-bond donors (Lipinski definition) is 1. The molecule has 0 unspecified atom stereocenters. The number of nitrogens with one attached hydrogen (secondary N) is 1. The number of hydrogen-bond acceptors (Lipinski definition) is 4. The van der Waals surface area contributed by atoms with E-state index < -0.39 is 5.97 Å². The Hall–Kier alpha value is -0.560. The van der Waals surface area contributed by atoms with Crippen LogP contribution in [0.15, 0.2) is 12.3 Å². The summed E-state index contributed by atoms with van der Waals surface area (Å²) in [4.78, 5) is 15.2. The van der Waals surface area contributed by atoms with Crippen LogP contribution in [0.4, 0.5) is 5.69 Å². The Kier molecular flexibility index (Phi) is 4.40. The number of ether oxygens (including phenoxy) is 1. The van der Waals surface area contributed by atoms with Crippen molar-refractivity contribution in [2.45, 2.75) is 6.92 Å². The van der Waals surface area contributed by atoms with Crippen molar-refractivity contribution >= 4 is 46.1 Å². The first-order valence-electron chi connectivity index (χ1n) is 3.88. The molecule has 1 rings (SSSR count). The Morgan fingerprint density at radius 2 is 2.50 bits per heavy atom. The highest BCUT2D eigenvalue weighted by Gasteiger charge is 2.12. The fourth-order valence-electron chi connectivity index (χ4n) is 0.880. The largest absolute Gasteiger partial charge is 0.462 e. The van der Waals surface area contributed by atoms with Crippen molar-refractivity contribution in [1.82, 2.24) is 4.98 Å². The molecule has 0 aliphatic carbocycles. The van der Waals surface area contributed by atoms with Gasteiger partial charge in [-0.1, -0.05) is 11.6 Å². The number of pyridine rings is 1. The smallest absolute Gasteiger partial charge is 0.341 e. The number of carbonyl (C=O) groups excluding carboxylic acids is 1. The van der Waals surface area contributed by atoms with Crippen LogP contribution in [0.3, 0.4) is 0 Å². The minimum Gasteiger partial charge on any atom is -0.462 e. The first kappa shape index (κ1) is 11.5. The van der Waals surface area contributed by atoms with Gasteiger partial charge in [0.05, 0.1) is 35.2 Å². The Bertz CT molecular complexity index is 346. The van der Waals surface area contributed by atoms with Gasteiger partial charge in [-0.25, -0.2) is 9.78 Å². The van der Waals surface area contributed by atoms with Gasteiger partial charge in [0.15, 0.2) is 0 Å². The third kappa shape index (κ3) is 2.71. The second-order valence-electron chi connectivity index (χ2n) is 2.37. The van der Waals surface area contributed by atoms with Crippen molar-refractivity contribution in [3.63, 3.8) is 0 Å². The van der Waals surface area contributed by atoms with E-state index >= 15 is 0 Å². The molecule has 0 radical (unpaired) electrons. The second kappa shape index (κ2) is 5.35. The van der Waals surface area contributed by atoms with Gasteiger partial charge in [0.25, 0.3) is 0 Å². The summed E-state index contributed by atoms with van der Waals surface area (Å²) >= 11 is 7.58. The maximum Gasteiger partial charge on any atom is 0.341 e. The Labute approximate surface area is 100 Å². The van der Waals surface area contributed by atoms with Gasteiger partial charge in [0, 0.05) is 12.3 Å². The Balaban J connectivity index is 3.01. The summed E-state index contributed by atoms with van der Waals surface area (Å²) in [7, 11) is 0. The van der Waals surface area contributed by atoms with Gasteiger partial charge in [-0.2, -0.15) is 0 Å². The lowest BCUT2D eigenvalue weighted by Crippen LogP contribution is -2.07. The SMILES string of the molecule is CCOC(=O)c1cnc(Cl)cc1NI. The molecule has 14 heavy (non-hydrogen) atoms. The van der Waals surface area contributed by atoms with E-state index in [1.54, 1.807) is 13.0 Å². The fourth-order valence-corrected chi connectivity index (χ4v) is 1.48. The predicted molar refractivity (Wildman–Crippen MR) is 62.8 cm³/mol. The molecule has 0 spiro atoms. The first-order valence-corrected chi connectivity index (χ1v) is 5.34. The van der Waals surface area contributed by atoms with Crippen LogP contribution in [-0.4, -0.2) is 17.6 Å². The maximum absolute atomic E-state index is 11.4. The molecule has 6 heteroatoms. The van der Waals surface area contributed by atoms with E-state index in [2.05, 4.69) is 8.51 Å². The average Bonchev–Trinajstić information content (AvgIpc) is 2.17. The lowest BCUT2D eigenvalue weighted by Gasteiger charge is -2.06. The number of nitrogens with zero attached hydrogens (tertiary/aromatic N) is 1. The summed E-state index contributed by atoms with van der Waals surface area (Å²) in [5.41, 5.74) is 0.981. The lowest BCUT2D eigenvalue weighted by atomic mass is 10.2. The second-order valence-corrected chi connectivity index (χ2v) is 3.29. The van der Waals surface area contributed by atoms with Crippen LogP contribution in [0.2, 0.25) is 5.15 Å². The van der Waals surface area contributed by atoms with E-state index in [1.807, 2.05) is 22.9 Å². The minimum atomic E-state index is -0.407. The van der Waals surface area contributed by atoms with Gasteiger partial charge >= 0.3 is 5.97 Å². The summed E-state index contributed by atoms with van der Waals surface area (Å²) in [5.74, 6) is -0.407. The van der Waals surface area contributed by atoms with Crippen molar-refractivity contribution in [3.05, 3.63) is 23.0 Å². The summed E-state index contributed by atoms with van der Waals surface area (Å²) in [6.07, 6.45) is 1.39. The van der Waals surface area contributed by atoms with E-state index in [4.69, 9.17) is 16.3 Å². The summed E-state index contributed by atoms with van der Waals surface area (Å²) < 4.78 is 7.67. The van der Waals surface area contributed by atoms with Crippen LogP contribution in [0, 0.1) is 0 Å². The van der Waals surface area contributed by atoms with Crippen LogP contribution in [-0.2, 0) is 4.74 Å². The monoisotopic (exact) mass is 326 g/mol. The van der Waals surface area contributed by atoms with Gasteiger partial charge in [0.1, 0.15) is 10.7 Å². The standard InChI is InChI=1S/C8H8ClIN2O2/c1-2-14-8(13)5-4-11-7(9)3-6(5)12-10/h3-4H,2H2,1H3,(H,11,12).